The third-order valence-electron chi connectivity index (χ3n) is 3.68. The molecular formula is C17H16N2O4S2. The zero-order chi connectivity index (χ0) is 17.8. The van der Waals surface area contributed by atoms with Crippen LogP contribution in [0.4, 0.5) is 11.4 Å². The summed E-state index contributed by atoms with van der Waals surface area (Å²) in [4.78, 5) is 23.0. The van der Waals surface area contributed by atoms with Gasteiger partial charge in [-0.05, 0) is 29.8 Å². The van der Waals surface area contributed by atoms with Crippen LogP contribution in [0.1, 0.15) is 20.5 Å². The second-order valence-electron chi connectivity index (χ2n) is 5.30. The minimum absolute atomic E-state index is 0.124. The Morgan fingerprint density at radius 1 is 1.24 bits per heavy atom. The molecule has 2 aromatic carbocycles. The summed E-state index contributed by atoms with van der Waals surface area (Å²) in [5, 5.41) is 13.9. The Hall–Kier alpha value is -2.19. The first-order chi connectivity index (χ1) is 12.1. The third-order valence-corrected chi connectivity index (χ3v) is 6.78. The molecule has 1 saturated heterocycles. The van der Waals surface area contributed by atoms with Crippen LogP contribution in [0.3, 0.4) is 0 Å². The van der Waals surface area contributed by atoms with E-state index in [1.807, 2.05) is 47.8 Å². The van der Waals surface area contributed by atoms with Crippen molar-refractivity contribution in [2.45, 2.75) is 4.58 Å². The van der Waals surface area contributed by atoms with Crippen molar-refractivity contribution in [1.29, 1.82) is 0 Å². The number of nitrogens with one attached hydrogen (secondary N) is 1. The van der Waals surface area contributed by atoms with Gasteiger partial charge in [0.2, 0.25) is 0 Å². The molecule has 1 heterocycles. The molecule has 0 saturated carbocycles. The lowest BCUT2D eigenvalue weighted by Gasteiger charge is -2.11. The molecule has 6 nitrogen and oxygen atoms in total. The maximum Gasteiger partial charge on any atom is 0.311 e. The smallest absolute Gasteiger partial charge is 0.311 e. The number of hydrogen-bond acceptors (Lipinski definition) is 6. The standard InChI is InChI=1S/C17H16N2O4S2/c1-23-15-6-5-11(10-14(15)19(21)22)16(20)18-13-4-2-3-12(9-13)17-24-7-8-25-17/h2-6,9-10,17H,7-8H2,1H3,(H,18,20). The fraction of sp³-hybridized carbons (Fsp3) is 0.235. The molecule has 0 bridgehead atoms. The molecule has 0 aliphatic carbocycles. The van der Waals surface area contributed by atoms with Crippen molar-refractivity contribution in [3.63, 3.8) is 0 Å². The van der Waals surface area contributed by atoms with Gasteiger partial charge in [-0.3, -0.25) is 14.9 Å². The second-order valence-corrected chi connectivity index (χ2v) is 8.02. The van der Waals surface area contributed by atoms with Gasteiger partial charge in [0.25, 0.3) is 5.91 Å². The Morgan fingerprint density at radius 3 is 2.68 bits per heavy atom. The maximum atomic E-state index is 12.4. The Balaban J connectivity index is 1.79. The van der Waals surface area contributed by atoms with Gasteiger partial charge >= 0.3 is 5.69 Å². The van der Waals surface area contributed by atoms with Crippen molar-refractivity contribution in [2.75, 3.05) is 23.9 Å². The van der Waals surface area contributed by atoms with Crippen LogP contribution in [0.2, 0.25) is 0 Å². The summed E-state index contributed by atoms with van der Waals surface area (Å²) in [7, 11) is 1.35. The molecule has 25 heavy (non-hydrogen) atoms. The van der Waals surface area contributed by atoms with Crippen LogP contribution in [0.15, 0.2) is 42.5 Å². The Kier molecular flexibility index (Phi) is 5.50. The predicted molar refractivity (Wildman–Crippen MR) is 102 cm³/mol. The second kappa shape index (κ2) is 7.79. The molecule has 130 valence electrons. The number of carbonyl (C=O) groups is 1. The minimum atomic E-state index is -0.565. The highest BCUT2D eigenvalue weighted by Gasteiger charge is 2.20. The molecular weight excluding hydrogens is 360 g/mol. The highest BCUT2D eigenvalue weighted by atomic mass is 32.2. The number of carbonyl (C=O) groups excluding carboxylic acids is 1. The average Bonchev–Trinajstić information content (AvgIpc) is 3.16. The summed E-state index contributed by atoms with van der Waals surface area (Å²) >= 11 is 3.78. The molecule has 2 aromatic rings. The van der Waals surface area contributed by atoms with Crippen LogP contribution >= 0.6 is 23.5 Å². The predicted octanol–water partition coefficient (Wildman–Crippen LogP) is 4.33. The van der Waals surface area contributed by atoms with Crippen LogP contribution in [0.5, 0.6) is 5.75 Å². The summed E-state index contributed by atoms with van der Waals surface area (Å²) in [6.07, 6.45) is 0. The van der Waals surface area contributed by atoms with Crippen LogP contribution in [0, 0.1) is 10.1 Å². The van der Waals surface area contributed by atoms with Gasteiger partial charge < -0.3 is 10.1 Å². The molecule has 0 aromatic heterocycles. The summed E-state index contributed by atoms with van der Waals surface area (Å²) in [6.45, 7) is 0. The van der Waals surface area contributed by atoms with Crippen molar-refractivity contribution >= 4 is 40.8 Å². The Bertz CT molecular complexity index is 807. The summed E-state index contributed by atoms with van der Waals surface area (Å²) in [5.41, 5.74) is 1.81. The van der Waals surface area contributed by atoms with Gasteiger partial charge in [0, 0.05) is 28.8 Å². The molecule has 1 N–H and O–H groups in total. The number of hydrogen-bond donors (Lipinski definition) is 1. The zero-order valence-electron chi connectivity index (χ0n) is 13.4. The van der Waals surface area contributed by atoms with Crippen LogP contribution in [-0.2, 0) is 0 Å². The van der Waals surface area contributed by atoms with Crippen molar-refractivity contribution < 1.29 is 14.5 Å². The van der Waals surface area contributed by atoms with Gasteiger partial charge in [0.15, 0.2) is 5.75 Å². The van der Waals surface area contributed by atoms with Gasteiger partial charge in [0.05, 0.1) is 16.6 Å². The zero-order valence-corrected chi connectivity index (χ0v) is 15.1. The normalized spacial score (nSPS) is 14.3. The van der Waals surface area contributed by atoms with Gasteiger partial charge in [-0.15, -0.1) is 23.5 Å². The van der Waals surface area contributed by atoms with Gasteiger partial charge in [0.1, 0.15) is 0 Å². The lowest BCUT2D eigenvalue weighted by atomic mass is 10.1. The first-order valence-corrected chi connectivity index (χ1v) is 9.65. The molecule has 1 fully saturated rings. The molecule has 1 aliphatic heterocycles. The van der Waals surface area contributed by atoms with E-state index in [0.717, 1.165) is 17.1 Å². The number of benzene rings is 2. The topological polar surface area (TPSA) is 81.5 Å². The Labute approximate surface area is 153 Å². The Morgan fingerprint density at radius 2 is 2.00 bits per heavy atom. The molecule has 8 heteroatoms. The summed E-state index contributed by atoms with van der Waals surface area (Å²) in [6, 6.07) is 11.9. The van der Waals surface area contributed by atoms with Crippen LogP contribution in [0.25, 0.3) is 0 Å². The summed E-state index contributed by atoms with van der Waals surface area (Å²) < 4.78 is 5.34. The highest BCUT2D eigenvalue weighted by Crippen LogP contribution is 2.45. The first-order valence-electron chi connectivity index (χ1n) is 7.55. The lowest BCUT2D eigenvalue weighted by molar-refractivity contribution is -0.385. The highest BCUT2D eigenvalue weighted by molar-refractivity contribution is 8.19. The van der Waals surface area contributed by atoms with E-state index in [1.165, 1.54) is 25.3 Å². The number of anilines is 1. The molecule has 1 aliphatic rings. The number of ether oxygens (including phenoxy) is 1. The van der Waals surface area contributed by atoms with E-state index in [-0.39, 0.29) is 17.0 Å². The fourth-order valence-electron chi connectivity index (χ4n) is 2.49. The average molecular weight is 376 g/mol. The van der Waals surface area contributed by atoms with Gasteiger partial charge in [-0.1, -0.05) is 12.1 Å². The van der Waals surface area contributed by atoms with E-state index in [2.05, 4.69) is 5.32 Å². The largest absolute Gasteiger partial charge is 0.490 e. The summed E-state index contributed by atoms with van der Waals surface area (Å²) in [5.74, 6) is 1.98. The molecule has 0 spiro atoms. The number of nitro benzene ring substituents is 1. The van der Waals surface area contributed by atoms with E-state index >= 15 is 0 Å². The van der Waals surface area contributed by atoms with E-state index in [4.69, 9.17) is 4.74 Å². The number of methoxy groups -OCH3 is 1. The van der Waals surface area contributed by atoms with E-state index in [0.29, 0.717) is 10.3 Å². The van der Waals surface area contributed by atoms with Gasteiger partial charge in [-0.2, -0.15) is 0 Å². The number of rotatable bonds is 5. The lowest BCUT2D eigenvalue weighted by Crippen LogP contribution is -2.12. The number of nitro groups is 1. The van der Waals surface area contributed by atoms with Crippen molar-refractivity contribution in [3.8, 4) is 5.75 Å². The van der Waals surface area contributed by atoms with E-state index in [9.17, 15) is 14.9 Å². The molecule has 0 unspecified atom stereocenters. The maximum absolute atomic E-state index is 12.4. The number of nitrogens with zero attached hydrogens (tertiary/aromatic N) is 1. The monoisotopic (exact) mass is 376 g/mol. The first kappa shape index (κ1) is 17.6. The van der Waals surface area contributed by atoms with Crippen LogP contribution < -0.4 is 10.1 Å². The molecule has 0 radical (unpaired) electrons. The third kappa shape index (κ3) is 4.08. The van der Waals surface area contributed by atoms with Crippen molar-refractivity contribution in [1.82, 2.24) is 0 Å². The number of amides is 1. The molecule has 3 rings (SSSR count). The number of thioether (sulfide) groups is 2. The van der Waals surface area contributed by atoms with Crippen molar-refractivity contribution in [3.05, 3.63) is 63.7 Å². The van der Waals surface area contributed by atoms with E-state index in [1.54, 1.807) is 0 Å². The molecule has 1 amide bonds. The van der Waals surface area contributed by atoms with Gasteiger partial charge in [-0.25, -0.2) is 0 Å². The molecule has 0 atom stereocenters. The van der Waals surface area contributed by atoms with Crippen molar-refractivity contribution in [2.24, 2.45) is 0 Å². The van der Waals surface area contributed by atoms with E-state index < -0.39 is 10.8 Å². The quantitative estimate of drug-likeness (QED) is 0.618. The SMILES string of the molecule is COc1ccc(C(=O)Nc2cccc(C3SCCS3)c2)cc1[N+](=O)[O-]. The van der Waals surface area contributed by atoms with Crippen LogP contribution in [-0.4, -0.2) is 29.4 Å². The minimum Gasteiger partial charge on any atom is -0.490 e. The fourth-order valence-corrected chi connectivity index (χ4v) is 5.33.